The topological polar surface area (TPSA) is 54.2 Å². The summed E-state index contributed by atoms with van der Waals surface area (Å²) in [7, 11) is 1.75. The molecule has 0 fully saturated rings. The fraction of sp³-hybridized carbons (Fsp3) is 0.304. The Morgan fingerprint density at radius 2 is 1.93 bits per heavy atom. The van der Waals surface area contributed by atoms with Crippen molar-refractivity contribution >= 4 is 5.96 Å². The molecule has 0 unspecified atom stereocenters. The maximum Gasteiger partial charge on any atom is 0.191 e. The molecule has 0 saturated heterocycles. The highest BCUT2D eigenvalue weighted by atomic mass is 19.1. The van der Waals surface area contributed by atoms with E-state index < -0.39 is 0 Å². The summed E-state index contributed by atoms with van der Waals surface area (Å²) in [5.74, 6) is 1.50. The molecular weight excluding hydrogens is 365 g/mol. The van der Waals surface area contributed by atoms with Crippen molar-refractivity contribution in [2.24, 2.45) is 4.99 Å². The van der Waals surface area contributed by atoms with Crippen molar-refractivity contribution in [1.29, 1.82) is 0 Å². The maximum absolute atomic E-state index is 13.2. The molecule has 0 radical (unpaired) electrons. The molecule has 1 heterocycles. The number of nitrogens with one attached hydrogen (secondary N) is 2. The zero-order chi connectivity index (χ0) is 20.5. The normalized spacial score (nSPS) is 11.5. The summed E-state index contributed by atoms with van der Waals surface area (Å²) in [6, 6.07) is 15.4. The monoisotopic (exact) mass is 393 g/mol. The molecule has 3 aromatic rings. The summed E-state index contributed by atoms with van der Waals surface area (Å²) in [6.45, 7) is 4.13. The molecule has 0 amide bonds. The highest BCUT2D eigenvalue weighted by Crippen LogP contribution is 2.10. The van der Waals surface area contributed by atoms with Crippen molar-refractivity contribution in [3.8, 4) is 0 Å². The zero-order valence-electron chi connectivity index (χ0n) is 17.0. The maximum atomic E-state index is 13.2. The van der Waals surface area contributed by atoms with E-state index in [1.165, 1.54) is 11.6 Å². The van der Waals surface area contributed by atoms with Crippen LogP contribution in [0.25, 0.3) is 0 Å². The van der Waals surface area contributed by atoms with Gasteiger partial charge < -0.3 is 15.2 Å². The SMILES string of the molecule is CN=C(NCCc1ccc(F)cc1C)NCc1nccn1CCc1ccccc1. The lowest BCUT2D eigenvalue weighted by Crippen LogP contribution is -2.38. The van der Waals surface area contributed by atoms with Crippen LogP contribution in [-0.4, -0.2) is 29.1 Å². The van der Waals surface area contributed by atoms with Crippen LogP contribution in [0.2, 0.25) is 0 Å². The van der Waals surface area contributed by atoms with E-state index in [0.29, 0.717) is 13.1 Å². The molecule has 29 heavy (non-hydrogen) atoms. The molecule has 0 aliphatic rings. The molecule has 0 aliphatic heterocycles. The summed E-state index contributed by atoms with van der Waals surface area (Å²) in [6.07, 6.45) is 5.61. The van der Waals surface area contributed by atoms with Crippen LogP contribution < -0.4 is 10.6 Å². The van der Waals surface area contributed by atoms with Crippen LogP contribution in [0.15, 0.2) is 65.9 Å². The Balaban J connectivity index is 1.46. The smallest absolute Gasteiger partial charge is 0.191 e. The van der Waals surface area contributed by atoms with Crippen molar-refractivity contribution in [2.75, 3.05) is 13.6 Å². The van der Waals surface area contributed by atoms with Gasteiger partial charge in [0.2, 0.25) is 0 Å². The quantitative estimate of drug-likeness (QED) is 0.455. The molecule has 2 aromatic carbocycles. The summed E-state index contributed by atoms with van der Waals surface area (Å²) in [4.78, 5) is 8.74. The summed E-state index contributed by atoms with van der Waals surface area (Å²) in [5.41, 5.74) is 3.41. The third kappa shape index (κ3) is 6.17. The molecule has 0 spiro atoms. The summed E-state index contributed by atoms with van der Waals surface area (Å²) < 4.78 is 15.4. The van der Waals surface area contributed by atoms with Crippen LogP contribution in [0.5, 0.6) is 0 Å². The van der Waals surface area contributed by atoms with Crippen molar-refractivity contribution in [1.82, 2.24) is 20.2 Å². The van der Waals surface area contributed by atoms with Gasteiger partial charge in [0.15, 0.2) is 5.96 Å². The lowest BCUT2D eigenvalue weighted by Gasteiger charge is -2.13. The minimum atomic E-state index is -0.195. The van der Waals surface area contributed by atoms with E-state index in [9.17, 15) is 4.39 Å². The number of rotatable bonds is 8. The molecule has 152 valence electrons. The first-order valence-electron chi connectivity index (χ1n) is 9.89. The second-order valence-corrected chi connectivity index (χ2v) is 6.95. The number of hydrogen-bond acceptors (Lipinski definition) is 2. The van der Waals surface area contributed by atoms with Gasteiger partial charge in [0.1, 0.15) is 11.6 Å². The molecular formula is C23H28FN5. The lowest BCUT2D eigenvalue weighted by atomic mass is 10.1. The van der Waals surface area contributed by atoms with Crippen molar-refractivity contribution in [3.63, 3.8) is 0 Å². The molecule has 0 atom stereocenters. The predicted octanol–water partition coefficient (Wildman–Crippen LogP) is 3.48. The van der Waals surface area contributed by atoms with Crippen LogP contribution in [-0.2, 0) is 25.9 Å². The number of halogens is 1. The first-order valence-corrected chi connectivity index (χ1v) is 9.89. The minimum Gasteiger partial charge on any atom is -0.356 e. The Bertz CT molecular complexity index is 933. The van der Waals surface area contributed by atoms with Gasteiger partial charge >= 0.3 is 0 Å². The fourth-order valence-electron chi connectivity index (χ4n) is 3.24. The molecule has 6 heteroatoms. The molecule has 0 bridgehead atoms. The Morgan fingerprint density at radius 3 is 2.69 bits per heavy atom. The first kappa shape index (κ1) is 20.6. The molecule has 2 N–H and O–H groups in total. The Labute approximate surface area is 171 Å². The van der Waals surface area contributed by atoms with E-state index in [2.05, 4.69) is 49.4 Å². The highest BCUT2D eigenvalue weighted by molar-refractivity contribution is 5.79. The average molecular weight is 394 g/mol. The van der Waals surface area contributed by atoms with E-state index in [1.54, 1.807) is 13.1 Å². The largest absolute Gasteiger partial charge is 0.356 e. The average Bonchev–Trinajstić information content (AvgIpc) is 3.18. The van der Waals surface area contributed by atoms with Gasteiger partial charge in [-0.05, 0) is 48.6 Å². The Morgan fingerprint density at radius 1 is 1.10 bits per heavy atom. The van der Waals surface area contributed by atoms with Crippen LogP contribution in [0.4, 0.5) is 4.39 Å². The fourth-order valence-corrected chi connectivity index (χ4v) is 3.24. The van der Waals surface area contributed by atoms with Gasteiger partial charge in [-0.2, -0.15) is 0 Å². The Kier molecular flexibility index (Phi) is 7.39. The van der Waals surface area contributed by atoms with Crippen molar-refractivity contribution in [2.45, 2.75) is 32.9 Å². The van der Waals surface area contributed by atoms with Crippen molar-refractivity contribution < 1.29 is 4.39 Å². The van der Waals surface area contributed by atoms with Crippen LogP contribution in [0.1, 0.15) is 22.5 Å². The van der Waals surface area contributed by atoms with Crippen LogP contribution >= 0.6 is 0 Å². The van der Waals surface area contributed by atoms with E-state index in [1.807, 2.05) is 31.5 Å². The van der Waals surface area contributed by atoms with E-state index in [0.717, 1.165) is 42.3 Å². The van der Waals surface area contributed by atoms with Crippen LogP contribution in [0, 0.1) is 12.7 Å². The number of aliphatic imine (C=N–C) groups is 1. The van der Waals surface area contributed by atoms with Gasteiger partial charge in [0, 0.05) is 32.5 Å². The first-order chi connectivity index (χ1) is 14.2. The van der Waals surface area contributed by atoms with E-state index in [4.69, 9.17) is 0 Å². The number of guanidine groups is 1. The van der Waals surface area contributed by atoms with E-state index in [-0.39, 0.29) is 5.82 Å². The zero-order valence-corrected chi connectivity index (χ0v) is 17.0. The molecule has 5 nitrogen and oxygen atoms in total. The van der Waals surface area contributed by atoms with Gasteiger partial charge in [0.25, 0.3) is 0 Å². The highest BCUT2D eigenvalue weighted by Gasteiger charge is 2.06. The molecule has 1 aromatic heterocycles. The second kappa shape index (κ2) is 10.4. The third-order valence-corrected chi connectivity index (χ3v) is 4.91. The standard InChI is InChI=1S/C23H28FN5/c1-18-16-21(24)9-8-20(18)10-12-27-23(25-2)28-17-22-26-13-15-29(22)14-11-19-6-4-3-5-7-19/h3-9,13,15-16H,10-12,14,17H2,1-2H3,(H2,25,27,28). The van der Waals surface area contributed by atoms with Crippen molar-refractivity contribution in [3.05, 3.63) is 89.3 Å². The number of nitrogens with zero attached hydrogens (tertiary/aromatic N) is 3. The molecule has 0 saturated carbocycles. The Hall–Kier alpha value is -3.15. The minimum absolute atomic E-state index is 0.195. The predicted molar refractivity (Wildman–Crippen MR) is 115 cm³/mol. The van der Waals surface area contributed by atoms with Gasteiger partial charge in [-0.3, -0.25) is 4.99 Å². The van der Waals surface area contributed by atoms with Crippen LogP contribution in [0.3, 0.4) is 0 Å². The van der Waals surface area contributed by atoms with Gasteiger partial charge in [-0.1, -0.05) is 36.4 Å². The molecule has 3 rings (SSSR count). The van der Waals surface area contributed by atoms with Gasteiger partial charge in [0.05, 0.1) is 6.54 Å². The molecule has 0 aliphatic carbocycles. The number of imidazole rings is 1. The van der Waals surface area contributed by atoms with E-state index >= 15 is 0 Å². The summed E-state index contributed by atoms with van der Waals surface area (Å²) in [5, 5.41) is 6.62. The van der Waals surface area contributed by atoms with Gasteiger partial charge in [-0.25, -0.2) is 9.37 Å². The third-order valence-electron chi connectivity index (χ3n) is 4.91. The number of aromatic nitrogens is 2. The number of hydrogen-bond donors (Lipinski definition) is 2. The second-order valence-electron chi connectivity index (χ2n) is 6.95. The summed E-state index contributed by atoms with van der Waals surface area (Å²) >= 11 is 0. The number of aryl methyl sites for hydroxylation is 3. The number of benzene rings is 2. The van der Waals surface area contributed by atoms with Gasteiger partial charge in [-0.15, -0.1) is 0 Å². The lowest BCUT2D eigenvalue weighted by molar-refractivity contribution is 0.625.